The number of ether oxygens (including phenoxy) is 2. The summed E-state index contributed by atoms with van der Waals surface area (Å²) in [5.41, 5.74) is 8.16. The lowest BCUT2D eigenvalue weighted by Crippen LogP contribution is -2.57. The minimum atomic E-state index is -1.37. The number of aliphatic hydroxyl groups excluding tert-OH is 1. The number of carbonyl (C=O) groups is 5. The first-order valence-corrected chi connectivity index (χ1v) is 17.1. The normalized spacial score (nSPS) is 14.6. The lowest BCUT2D eigenvalue weighted by Gasteiger charge is -2.32. The van der Waals surface area contributed by atoms with Crippen LogP contribution in [0.1, 0.15) is 50.8 Å². The summed E-state index contributed by atoms with van der Waals surface area (Å²) in [6.45, 7) is 6.20. The number of benzene rings is 3. The van der Waals surface area contributed by atoms with Crippen LogP contribution in [0.15, 0.2) is 91.0 Å². The third-order valence-electron chi connectivity index (χ3n) is 8.53. The van der Waals surface area contributed by atoms with Gasteiger partial charge in [0.25, 0.3) is 0 Å². The lowest BCUT2D eigenvalue weighted by molar-refractivity contribution is -0.147. The van der Waals surface area contributed by atoms with Crippen LogP contribution >= 0.6 is 0 Å². The molecule has 0 saturated carbocycles. The van der Waals surface area contributed by atoms with Crippen LogP contribution in [0.5, 0.6) is 0 Å². The van der Waals surface area contributed by atoms with E-state index < -0.39 is 66.0 Å². The number of rotatable bonds is 17. The third-order valence-corrected chi connectivity index (χ3v) is 8.53. The van der Waals surface area contributed by atoms with Crippen LogP contribution in [0.2, 0.25) is 0 Å². The maximum atomic E-state index is 13.8. The Balaban J connectivity index is 1.89. The van der Waals surface area contributed by atoms with Gasteiger partial charge in [-0.15, -0.1) is 0 Å². The number of aliphatic hydroxyl groups is 1. The number of nitrogens with one attached hydrogen (secondary N) is 2. The Kier molecular flexibility index (Phi) is 15.8. The maximum Gasteiger partial charge on any atom is 0.417 e. The number of esters is 1. The van der Waals surface area contributed by atoms with Gasteiger partial charge in [-0.1, -0.05) is 105 Å². The van der Waals surface area contributed by atoms with E-state index in [1.165, 1.54) is 21.0 Å². The Morgan fingerprint density at radius 1 is 0.745 bits per heavy atom. The Hall–Kier alpha value is -5.07. The third kappa shape index (κ3) is 12.3. The molecule has 4 amide bonds. The van der Waals surface area contributed by atoms with Crippen LogP contribution in [0.3, 0.4) is 0 Å². The molecule has 0 aliphatic rings. The molecule has 0 spiro atoms. The highest BCUT2D eigenvalue weighted by atomic mass is 16.6. The minimum Gasteiger partial charge on any atom is -0.467 e. The zero-order chi connectivity index (χ0) is 37.5. The molecule has 12 nitrogen and oxygen atoms in total. The summed E-state index contributed by atoms with van der Waals surface area (Å²) < 4.78 is 10.3. The average Bonchev–Trinajstić information content (AvgIpc) is 3.12. The van der Waals surface area contributed by atoms with Gasteiger partial charge in [0.05, 0.1) is 25.3 Å². The number of carbonyl (C=O) groups excluding carboxylic acids is 5. The molecule has 0 aliphatic carbocycles. The molecule has 6 atom stereocenters. The van der Waals surface area contributed by atoms with Gasteiger partial charge in [-0.3, -0.25) is 14.4 Å². The van der Waals surface area contributed by atoms with Crippen LogP contribution in [0, 0.1) is 11.8 Å². The van der Waals surface area contributed by atoms with Gasteiger partial charge in [0, 0.05) is 5.92 Å². The highest BCUT2D eigenvalue weighted by molar-refractivity contribution is 5.99. The van der Waals surface area contributed by atoms with Gasteiger partial charge in [0.2, 0.25) is 17.7 Å². The number of hydrogen-bond donors (Lipinski definition) is 4. The smallest absolute Gasteiger partial charge is 0.417 e. The summed E-state index contributed by atoms with van der Waals surface area (Å²) in [6.07, 6.45) is -2.02. The first-order chi connectivity index (χ1) is 24.3. The predicted molar refractivity (Wildman–Crippen MR) is 192 cm³/mol. The van der Waals surface area contributed by atoms with E-state index in [0.717, 1.165) is 11.1 Å². The van der Waals surface area contributed by atoms with E-state index in [1.807, 2.05) is 66.7 Å². The zero-order valence-electron chi connectivity index (χ0n) is 29.9. The second-order valence-electron chi connectivity index (χ2n) is 13.0. The van der Waals surface area contributed by atoms with E-state index in [9.17, 15) is 29.1 Å². The Labute approximate surface area is 299 Å². The Morgan fingerprint density at radius 3 is 1.75 bits per heavy atom. The molecule has 0 heterocycles. The van der Waals surface area contributed by atoms with Gasteiger partial charge < -0.3 is 30.9 Å². The van der Waals surface area contributed by atoms with Crippen molar-refractivity contribution in [3.05, 3.63) is 108 Å². The van der Waals surface area contributed by atoms with E-state index in [-0.39, 0.29) is 31.8 Å². The van der Waals surface area contributed by atoms with Crippen molar-refractivity contribution in [1.82, 2.24) is 15.5 Å². The molecule has 0 bridgehead atoms. The number of nitrogens with two attached hydrogens (primary N) is 1. The van der Waals surface area contributed by atoms with E-state index in [4.69, 9.17) is 15.2 Å². The molecular weight excluding hydrogens is 652 g/mol. The molecule has 0 aliphatic heterocycles. The van der Waals surface area contributed by atoms with Crippen molar-refractivity contribution >= 4 is 29.8 Å². The van der Waals surface area contributed by atoms with Gasteiger partial charge in [-0.2, -0.15) is 0 Å². The molecule has 0 aromatic heterocycles. The van der Waals surface area contributed by atoms with Gasteiger partial charge in [-0.25, -0.2) is 14.5 Å². The zero-order valence-corrected chi connectivity index (χ0v) is 29.9. The number of methoxy groups -OCH3 is 1. The minimum absolute atomic E-state index is 0.0968. The number of hydrogen-bond acceptors (Lipinski definition) is 9. The summed E-state index contributed by atoms with van der Waals surface area (Å²) in [7, 11) is 1.25. The first kappa shape index (κ1) is 40.4. The largest absolute Gasteiger partial charge is 0.467 e. The summed E-state index contributed by atoms with van der Waals surface area (Å²) in [5, 5.41) is 17.4. The number of nitrogens with zero attached hydrogens (tertiary/aromatic N) is 1. The average molecular weight is 703 g/mol. The van der Waals surface area contributed by atoms with Crippen molar-refractivity contribution in [2.75, 3.05) is 7.11 Å². The van der Waals surface area contributed by atoms with Crippen LogP contribution in [-0.4, -0.2) is 77.2 Å². The molecule has 0 radical (unpaired) electrons. The van der Waals surface area contributed by atoms with E-state index in [0.29, 0.717) is 10.5 Å². The second-order valence-corrected chi connectivity index (χ2v) is 13.0. The topological polar surface area (TPSA) is 177 Å². The van der Waals surface area contributed by atoms with Crippen LogP contribution in [0.25, 0.3) is 0 Å². The summed E-state index contributed by atoms with van der Waals surface area (Å²) in [4.78, 5) is 67.2. The summed E-state index contributed by atoms with van der Waals surface area (Å²) in [5.74, 6) is -3.69. The lowest BCUT2D eigenvalue weighted by atomic mass is 9.88. The molecule has 3 aromatic carbocycles. The monoisotopic (exact) mass is 702 g/mol. The van der Waals surface area contributed by atoms with Gasteiger partial charge in [0.1, 0.15) is 18.7 Å². The van der Waals surface area contributed by atoms with E-state index in [1.54, 1.807) is 38.1 Å². The SMILES string of the molecule is COC(=O)[C@H](NC(=O)C(Cc1ccccc1)C[C@H](O)[C@H](Cc1ccccc1)NC(=O)[C@H](C)N(C(=O)OCc1ccccc1)C(=O)[C@H](C)N)C(C)C. The highest BCUT2D eigenvalue weighted by Crippen LogP contribution is 2.20. The molecule has 0 saturated heterocycles. The van der Waals surface area contributed by atoms with E-state index >= 15 is 0 Å². The fourth-order valence-electron chi connectivity index (χ4n) is 5.55. The highest BCUT2D eigenvalue weighted by Gasteiger charge is 2.37. The first-order valence-electron chi connectivity index (χ1n) is 17.1. The fourth-order valence-corrected chi connectivity index (χ4v) is 5.55. The fraction of sp³-hybridized carbons (Fsp3) is 0.410. The molecule has 5 N–H and O–H groups in total. The van der Waals surface area contributed by atoms with Gasteiger partial charge in [0.15, 0.2) is 0 Å². The van der Waals surface area contributed by atoms with Crippen molar-refractivity contribution < 1.29 is 38.6 Å². The Morgan fingerprint density at radius 2 is 1.25 bits per heavy atom. The van der Waals surface area contributed by atoms with Crippen LogP contribution < -0.4 is 16.4 Å². The molecule has 3 aromatic rings. The van der Waals surface area contributed by atoms with Crippen molar-refractivity contribution in [1.29, 1.82) is 0 Å². The molecule has 1 unspecified atom stereocenters. The molecule has 3 rings (SSSR count). The standard InChI is InChI=1S/C39H50N4O8/c1-25(2)34(38(48)50-5)42-36(46)31(21-28-15-9-6-10-16-28)23-33(44)32(22-29-17-11-7-12-18-29)41-35(45)27(4)43(37(47)26(3)40)39(49)51-24-30-19-13-8-14-20-30/h6-20,25-27,31-34,44H,21-24,40H2,1-5H3,(H,41,45)(H,42,46)/t26-,27-,31?,32-,33-,34+/m0/s1. The number of imide groups is 1. The van der Waals surface area contributed by atoms with Gasteiger partial charge >= 0.3 is 12.1 Å². The van der Waals surface area contributed by atoms with Crippen molar-refractivity contribution in [2.24, 2.45) is 17.6 Å². The second kappa shape index (κ2) is 19.9. The molecule has 274 valence electrons. The maximum absolute atomic E-state index is 13.8. The predicted octanol–water partition coefficient (Wildman–Crippen LogP) is 3.54. The quantitative estimate of drug-likeness (QED) is 0.153. The molecule has 12 heteroatoms. The Bertz CT molecular complexity index is 1570. The van der Waals surface area contributed by atoms with Crippen molar-refractivity contribution in [2.45, 2.75) is 83.8 Å². The van der Waals surface area contributed by atoms with E-state index in [2.05, 4.69) is 10.6 Å². The molecule has 51 heavy (non-hydrogen) atoms. The van der Waals surface area contributed by atoms with Crippen molar-refractivity contribution in [3.63, 3.8) is 0 Å². The van der Waals surface area contributed by atoms with Crippen LogP contribution in [0.4, 0.5) is 4.79 Å². The number of amides is 4. The van der Waals surface area contributed by atoms with Crippen molar-refractivity contribution in [3.8, 4) is 0 Å². The molecular formula is C39H50N4O8. The summed E-state index contributed by atoms with van der Waals surface area (Å²) in [6, 6.07) is 22.9. The van der Waals surface area contributed by atoms with Crippen LogP contribution in [-0.2, 0) is 48.1 Å². The summed E-state index contributed by atoms with van der Waals surface area (Å²) >= 11 is 0. The molecule has 0 fully saturated rings. The van der Waals surface area contributed by atoms with Gasteiger partial charge in [-0.05, 0) is 55.7 Å².